The zero-order valence-electron chi connectivity index (χ0n) is 10.6. The van der Waals surface area contributed by atoms with Gasteiger partial charge in [-0.1, -0.05) is 17.7 Å². The third-order valence-electron chi connectivity index (χ3n) is 3.48. The lowest BCUT2D eigenvalue weighted by Crippen LogP contribution is -2.44. The van der Waals surface area contributed by atoms with E-state index in [-0.39, 0.29) is 16.6 Å². The van der Waals surface area contributed by atoms with E-state index < -0.39 is 11.7 Å². The highest BCUT2D eigenvalue weighted by molar-refractivity contribution is 6.31. The summed E-state index contributed by atoms with van der Waals surface area (Å²) in [7, 11) is 0. The van der Waals surface area contributed by atoms with Crippen LogP contribution in [0, 0.1) is 0 Å². The van der Waals surface area contributed by atoms with Crippen molar-refractivity contribution in [3.63, 3.8) is 0 Å². The van der Waals surface area contributed by atoms with Crippen molar-refractivity contribution in [2.45, 2.75) is 19.1 Å². The molecule has 0 bridgehead atoms. The third-order valence-corrected chi connectivity index (χ3v) is 3.80. The third kappa shape index (κ3) is 3.22. The Morgan fingerprint density at radius 1 is 1.26 bits per heavy atom. The molecule has 1 aromatic carbocycles. The number of alkyl halides is 3. The van der Waals surface area contributed by atoms with Crippen molar-refractivity contribution in [2.24, 2.45) is 0 Å². The topological polar surface area (TPSA) is 15.3 Å². The second-order valence-electron chi connectivity index (χ2n) is 4.66. The van der Waals surface area contributed by atoms with Crippen LogP contribution in [0.25, 0.3) is 0 Å². The molecule has 2 rings (SSSR count). The Morgan fingerprint density at radius 2 is 1.89 bits per heavy atom. The summed E-state index contributed by atoms with van der Waals surface area (Å²) < 4.78 is 39.2. The Balaban J connectivity index is 2.37. The van der Waals surface area contributed by atoms with Crippen LogP contribution in [0.15, 0.2) is 18.2 Å². The zero-order valence-corrected chi connectivity index (χ0v) is 11.4. The summed E-state index contributed by atoms with van der Waals surface area (Å²) in [6, 6.07) is 3.62. The molecule has 0 aliphatic carbocycles. The van der Waals surface area contributed by atoms with Gasteiger partial charge in [0.05, 0.1) is 5.56 Å². The van der Waals surface area contributed by atoms with E-state index in [0.29, 0.717) is 0 Å². The molecule has 0 amide bonds. The average Bonchev–Trinajstić information content (AvgIpc) is 2.37. The number of nitrogens with zero attached hydrogens (tertiary/aromatic N) is 1. The maximum Gasteiger partial charge on any atom is 0.416 e. The molecule has 19 heavy (non-hydrogen) atoms. The maximum atomic E-state index is 13.1. The van der Waals surface area contributed by atoms with Gasteiger partial charge in [-0.05, 0) is 24.6 Å². The van der Waals surface area contributed by atoms with Crippen molar-refractivity contribution in [3.8, 4) is 0 Å². The second kappa shape index (κ2) is 5.69. The van der Waals surface area contributed by atoms with Gasteiger partial charge in [0.15, 0.2) is 0 Å². The van der Waals surface area contributed by atoms with Crippen LogP contribution < -0.4 is 5.32 Å². The second-order valence-corrected chi connectivity index (χ2v) is 5.07. The van der Waals surface area contributed by atoms with E-state index in [2.05, 4.69) is 5.32 Å². The summed E-state index contributed by atoms with van der Waals surface area (Å²) in [4.78, 5) is 2.02. The Bertz CT molecular complexity index is 442. The Morgan fingerprint density at radius 3 is 2.47 bits per heavy atom. The van der Waals surface area contributed by atoms with E-state index in [1.807, 2.05) is 4.90 Å². The normalized spacial score (nSPS) is 19.4. The first-order valence-corrected chi connectivity index (χ1v) is 6.59. The maximum absolute atomic E-state index is 13.1. The smallest absolute Gasteiger partial charge is 0.314 e. The lowest BCUT2D eigenvalue weighted by Gasteiger charge is -2.34. The summed E-state index contributed by atoms with van der Waals surface area (Å²) in [5.41, 5.74) is -0.454. The minimum Gasteiger partial charge on any atom is -0.314 e. The first-order chi connectivity index (χ1) is 8.91. The molecule has 0 spiro atoms. The quantitative estimate of drug-likeness (QED) is 0.899. The summed E-state index contributed by atoms with van der Waals surface area (Å²) in [6.45, 7) is 4.81. The molecule has 6 heteroatoms. The first kappa shape index (κ1) is 14.6. The van der Waals surface area contributed by atoms with Crippen LogP contribution in [0.1, 0.15) is 24.1 Å². The minimum atomic E-state index is -4.37. The lowest BCUT2D eigenvalue weighted by atomic mass is 9.99. The van der Waals surface area contributed by atoms with Gasteiger partial charge in [0.1, 0.15) is 0 Å². The number of hydrogen-bond donors (Lipinski definition) is 1. The van der Waals surface area contributed by atoms with Gasteiger partial charge in [0, 0.05) is 37.2 Å². The molecule has 106 valence electrons. The number of piperazine rings is 1. The predicted molar refractivity (Wildman–Crippen MR) is 69.3 cm³/mol. The molecule has 1 fully saturated rings. The predicted octanol–water partition coefficient (Wildman–Crippen LogP) is 3.33. The molecule has 1 atom stereocenters. The van der Waals surface area contributed by atoms with E-state index in [1.54, 1.807) is 6.92 Å². The number of hydrogen-bond acceptors (Lipinski definition) is 2. The average molecular weight is 293 g/mol. The van der Waals surface area contributed by atoms with Crippen LogP contribution in [-0.2, 0) is 6.18 Å². The summed E-state index contributed by atoms with van der Waals surface area (Å²) in [6.07, 6.45) is -4.37. The van der Waals surface area contributed by atoms with E-state index in [9.17, 15) is 13.2 Å². The molecule has 2 nitrogen and oxygen atoms in total. The molecule has 1 aliphatic heterocycles. The largest absolute Gasteiger partial charge is 0.416 e. The molecule has 0 unspecified atom stereocenters. The fraction of sp³-hybridized carbons (Fsp3) is 0.538. The van der Waals surface area contributed by atoms with Crippen molar-refractivity contribution < 1.29 is 13.2 Å². The molecule has 0 radical (unpaired) electrons. The van der Waals surface area contributed by atoms with Gasteiger partial charge in [0.2, 0.25) is 0 Å². The Labute approximate surface area is 115 Å². The summed E-state index contributed by atoms with van der Waals surface area (Å²) in [5.74, 6) is 0. The molecule has 1 N–H and O–H groups in total. The van der Waals surface area contributed by atoms with Gasteiger partial charge in [-0.2, -0.15) is 13.2 Å². The molecule has 0 saturated carbocycles. The Hall–Kier alpha value is -0.780. The lowest BCUT2D eigenvalue weighted by molar-refractivity contribution is -0.138. The van der Waals surface area contributed by atoms with Crippen LogP contribution in [0.4, 0.5) is 13.2 Å². The van der Waals surface area contributed by atoms with E-state index in [1.165, 1.54) is 12.1 Å². The SMILES string of the molecule is C[C@@H](c1c(Cl)cccc1C(F)(F)F)N1CCNCC1. The number of benzene rings is 1. The van der Waals surface area contributed by atoms with Crippen LogP contribution >= 0.6 is 11.6 Å². The molecule has 1 aliphatic rings. The number of rotatable bonds is 2. The number of halogens is 4. The van der Waals surface area contributed by atoms with Crippen molar-refractivity contribution in [2.75, 3.05) is 26.2 Å². The van der Waals surface area contributed by atoms with Gasteiger partial charge < -0.3 is 5.32 Å². The van der Waals surface area contributed by atoms with E-state index in [4.69, 9.17) is 11.6 Å². The summed E-state index contributed by atoms with van der Waals surface area (Å²) >= 11 is 6.01. The van der Waals surface area contributed by atoms with Crippen LogP contribution in [0.3, 0.4) is 0 Å². The molecular weight excluding hydrogens is 277 g/mol. The van der Waals surface area contributed by atoms with E-state index in [0.717, 1.165) is 32.2 Å². The molecule has 0 aromatic heterocycles. The summed E-state index contributed by atoms with van der Waals surface area (Å²) in [5, 5.41) is 3.36. The highest BCUT2D eigenvalue weighted by Crippen LogP contribution is 2.39. The van der Waals surface area contributed by atoms with Gasteiger partial charge in [-0.15, -0.1) is 0 Å². The van der Waals surface area contributed by atoms with Gasteiger partial charge in [0.25, 0.3) is 0 Å². The van der Waals surface area contributed by atoms with Crippen LogP contribution in [0.5, 0.6) is 0 Å². The molecule has 1 saturated heterocycles. The molecular formula is C13H16ClF3N2. The van der Waals surface area contributed by atoms with Crippen molar-refractivity contribution >= 4 is 11.6 Å². The first-order valence-electron chi connectivity index (χ1n) is 6.21. The van der Waals surface area contributed by atoms with Crippen molar-refractivity contribution in [3.05, 3.63) is 34.3 Å². The van der Waals surface area contributed by atoms with Gasteiger partial charge in [-0.25, -0.2) is 0 Å². The fourth-order valence-electron chi connectivity index (χ4n) is 2.46. The minimum absolute atomic E-state index is 0.179. The van der Waals surface area contributed by atoms with Crippen molar-refractivity contribution in [1.82, 2.24) is 10.2 Å². The molecule has 1 aromatic rings. The standard InChI is InChI=1S/C13H16ClF3N2/c1-9(19-7-5-18-6-8-19)12-10(13(15,16)17)3-2-4-11(12)14/h2-4,9,18H,5-8H2,1H3/t9-/m0/s1. The van der Waals surface area contributed by atoms with E-state index >= 15 is 0 Å². The zero-order chi connectivity index (χ0) is 14.0. The van der Waals surface area contributed by atoms with Gasteiger partial charge >= 0.3 is 6.18 Å². The number of nitrogens with one attached hydrogen (secondary N) is 1. The van der Waals surface area contributed by atoms with Crippen LogP contribution in [-0.4, -0.2) is 31.1 Å². The highest BCUT2D eigenvalue weighted by atomic mass is 35.5. The highest BCUT2D eigenvalue weighted by Gasteiger charge is 2.36. The van der Waals surface area contributed by atoms with Gasteiger partial charge in [-0.3, -0.25) is 4.90 Å². The molecule has 1 heterocycles. The van der Waals surface area contributed by atoms with Crippen molar-refractivity contribution in [1.29, 1.82) is 0 Å². The monoisotopic (exact) mass is 292 g/mol. The Kier molecular flexibility index (Phi) is 4.38. The fourth-order valence-corrected chi connectivity index (χ4v) is 2.79. The van der Waals surface area contributed by atoms with Crippen LogP contribution in [0.2, 0.25) is 5.02 Å².